The Morgan fingerprint density at radius 3 is 2.17 bits per heavy atom. The van der Waals surface area contributed by atoms with E-state index in [1.54, 1.807) is 12.1 Å². The molecule has 6 nitrogen and oxygen atoms in total. The molecule has 2 atom stereocenters. The number of nitrogens with one attached hydrogen (secondary N) is 2. The fourth-order valence-corrected chi connectivity index (χ4v) is 2.52. The molecule has 2 amide bonds. The first-order valence-electron chi connectivity index (χ1n) is 8.73. The van der Waals surface area contributed by atoms with E-state index in [-0.39, 0.29) is 16.3 Å². The molecule has 0 aliphatic rings. The molecule has 0 aliphatic heterocycles. The number of hydrogen-bond acceptors (Lipinski definition) is 4. The molecule has 2 aromatic rings. The van der Waals surface area contributed by atoms with E-state index in [4.69, 9.17) is 16.3 Å². The van der Waals surface area contributed by atoms with Crippen LogP contribution < -0.4 is 10.6 Å². The summed E-state index contributed by atoms with van der Waals surface area (Å²) < 4.78 is 42.7. The molecule has 10 heteroatoms. The van der Waals surface area contributed by atoms with Crippen LogP contribution in [0.4, 0.5) is 18.9 Å². The van der Waals surface area contributed by atoms with Crippen LogP contribution in [0.1, 0.15) is 29.8 Å². The molecule has 160 valence electrons. The Morgan fingerprint density at radius 1 is 1.00 bits per heavy atom. The monoisotopic (exact) mass is 442 g/mol. The number of anilines is 1. The molecule has 0 fully saturated rings. The number of halogens is 4. The smallest absolute Gasteiger partial charge is 0.416 e. The van der Waals surface area contributed by atoms with Crippen molar-refractivity contribution in [3.05, 3.63) is 64.7 Å². The summed E-state index contributed by atoms with van der Waals surface area (Å²) in [6.45, 7) is 2.66. The molecule has 2 rings (SSSR count). The highest BCUT2D eigenvalue weighted by Crippen LogP contribution is 2.29. The fraction of sp³-hybridized carbons (Fsp3) is 0.250. The number of esters is 1. The van der Waals surface area contributed by atoms with E-state index in [0.29, 0.717) is 0 Å². The molecule has 2 aromatic carbocycles. The Kier molecular flexibility index (Phi) is 7.44. The predicted molar refractivity (Wildman–Crippen MR) is 104 cm³/mol. The van der Waals surface area contributed by atoms with E-state index in [1.807, 2.05) is 0 Å². The molecule has 0 saturated heterocycles. The zero-order valence-corrected chi connectivity index (χ0v) is 16.7. The van der Waals surface area contributed by atoms with Crippen LogP contribution in [-0.4, -0.2) is 29.9 Å². The second-order valence-corrected chi connectivity index (χ2v) is 6.73. The van der Waals surface area contributed by atoms with Crippen molar-refractivity contribution < 1.29 is 32.3 Å². The van der Waals surface area contributed by atoms with E-state index in [9.17, 15) is 27.6 Å². The SMILES string of the molecule is CC(OC(=O)[C@H](C)NC(=O)c1ccccc1Cl)C(=O)Nc1ccc(C(F)(F)F)cc1. The van der Waals surface area contributed by atoms with Gasteiger partial charge in [0, 0.05) is 5.69 Å². The van der Waals surface area contributed by atoms with Gasteiger partial charge in [0.05, 0.1) is 16.1 Å². The molecular formula is C20H18ClF3N2O4. The highest BCUT2D eigenvalue weighted by atomic mass is 35.5. The van der Waals surface area contributed by atoms with Crippen LogP contribution in [0.25, 0.3) is 0 Å². The van der Waals surface area contributed by atoms with Crippen LogP contribution in [0, 0.1) is 0 Å². The second-order valence-electron chi connectivity index (χ2n) is 6.32. The molecular weight excluding hydrogens is 425 g/mol. The minimum absolute atomic E-state index is 0.107. The molecule has 2 N–H and O–H groups in total. The van der Waals surface area contributed by atoms with Crippen molar-refractivity contribution in [1.82, 2.24) is 5.32 Å². The van der Waals surface area contributed by atoms with Crippen molar-refractivity contribution in [2.45, 2.75) is 32.2 Å². The number of amides is 2. The summed E-state index contributed by atoms with van der Waals surface area (Å²) in [6.07, 6.45) is -5.74. The molecule has 0 aromatic heterocycles. The van der Waals surface area contributed by atoms with Crippen molar-refractivity contribution in [3.8, 4) is 0 Å². The maximum atomic E-state index is 12.6. The largest absolute Gasteiger partial charge is 0.451 e. The molecule has 1 unspecified atom stereocenters. The summed E-state index contributed by atoms with van der Waals surface area (Å²) >= 11 is 5.93. The lowest BCUT2D eigenvalue weighted by Crippen LogP contribution is -2.42. The molecule has 0 spiro atoms. The van der Waals surface area contributed by atoms with E-state index in [2.05, 4.69) is 10.6 Å². The zero-order valence-electron chi connectivity index (χ0n) is 15.9. The normalized spacial score (nSPS) is 13.1. The number of ether oxygens (including phenoxy) is 1. The predicted octanol–water partition coefficient (Wildman–Crippen LogP) is 4.05. The van der Waals surface area contributed by atoms with E-state index in [0.717, 1.165) is 24.3 Å². The minimum atomic E-state index is -4.49. The summed E-state index contributed by atoms with van der Waals surface area (Å²) in [7, 11) is 0. The van der Waals surface area contributed by atoms with Gasteiger partial charge in [0.25, 0.3) is 11.8 Å². The van der Waals surface area contributed by atoms with Gasteiger partial charge in [-0.1, -0.05) is 23.7 Å². The van der Waals surface area contributed by atoms with E-state index >= 15 is 0 Å². The lowest BCUT2D eigenvalue weighted by atomic mass is 10.2. The number of carbonyl (C=O) groups excluding carboxylic acids is 3. The third kappa shape index (κ3) is 6.21. The van der Waals surface area contributed by atoms with Crippen LogP contribution in [0.15, 0.2) is 48.5 Å². The summed E-state index contributed by atoms with van der Waals surface area (Å²) in [6, 6.07) is 8.99. The first-order valence-corrected chi connectivity index (χ1v) is 9.11. The minimum Gasteiger partial charge on any atom is -0.451 e. The number of rotatable bonds is 6. The van der Waals surface area contributed by atoms with E-state index in [1.165, 1.54) is 26.0 Å². The summed E-state index contributed by atoms with van der Waals surface area (Å²) in [5.74, 6) is -2.20. The quantitative estimate of drug-likeness (QED) is 0.661. The molecule has 0 radical (unpaired) electrons. The number of benzene rings is 2. The standard InChI is InChI=1S/C20H18ClF3N2O4/c1-11(25-18(28)15-5-3-4-6-16(15)21)19(29)30-12(2)17(27)26-14-9-7-13(8-10-14)20(22,23)24/h3-12H,1-2H3,(H,25,28)(H,26,27)/t11-,12?/m0/s1. The van der Waals surface area contributed by atoms with Crippen molar-refractivity contribution in [1.29, 1.82) is 0 Å². The lowest BCUT2D eigenvalue weighted by Gasteiger charge is -2.18. The maximum Gasteiger partial charge on any atom is 0.416 e. The molecule has 0 bridgehead atoms. The van der Waals surface area contributed by atoms with Crippen LogP contribution in [-0.2, 0) is 20.5 Å². The van der Waals surface area contributed by atoms with Crippen LogP contribution in [0.3, 0.4) is 0 Å². The van der Waals surface area contributed by atoms with Crippen LogP contribution >= 0.6 is 11.6 Å². The zero-order chi connectivity index (χ0) is 22.5. The van der Waals surface area contributed by atoms with Gasteiger partial charge < -0.3 is 15.4 Å². The van der Waals surface area contributed by atoms with Gasteiger partial charge in [-0.2, -0.15) is 13.2 Å². The lowest BCUT2D eigenvalue weighted by molar-refractivity contribution is -0.154. The average molecular weight is 443 g/mol. The first-order chi connectivity index (χ1) is 14.0. The summed E-state index contributed by atoms with van der Waals surface area (Å²) in [5.41, 5.74) is -0.578. The molecule has 0 saturated carbocycles. The first kappa shape index (κ1) is 23.2. The Bertz CT molecular complexity index is 932. The number of alkyl halides is 3. The van der Waals surface area contributed by atoms with Gasteiger partial charge >= 0.3 is 12.1 Å². The summed E-state index contributed by atoms with van der Waals surface area (Å²) in [5, 5.41) is 4.97. The summed E-state index contributed by atoms with van der Waals surface area (Å²) in [4.78, 5) is 36.4. The molecule has 0 heterocycles. The Labute approximate surface area is 175 Å². The molecule has 30 heavy (non-hydrogen) atoms. The number of hydrogen-bond donors (Lipinski definition) is 2. The van der Waals surface area contributed by atoms with Crippen molar-refractivity contribution in [2.24, 2.45) is 0 Å². The van der Waals surface area contributed by atoms with E-state index < -0.39 is 41.7 Å². The van der Waals surface area contributed by atoms with Gasteiger partial charge in [0.1, 0.15) is 6.04 Å². The number of carbonyl (C=O) groups is 3. The van der Waals surface area contributed by atoms with Gasteiger partial charge in [-0.25, -0.2) is 4.79 Å². The Balaban J connectivity index is 1.90. The van der Waals surface area contributed by atoms with Gasteiger partial charge in [-0.05, 0) is 50.2 Å². The van der Waals surface area contributed by atoms with Gasteiger partial charge in [0.15, 0.2) is 6.10 Å². The van der Waals surface area contributed by atoms with Crippen molar-refractivity contribution >= 4 is 35.1 Å². The molecule has 0 aliphatic carbocycles. The van der Waals surface area contributed by atoms with Gasteiger partial charge in [0.2, 0.25) is 0 Å². The Hall–Kier alpha value is -3.07. The highest BCUT2D eigenvalue weighted by molar-refractivity contribution is 6.33. The highest BCUT2D eigenvalue weighted by Gasteiger charge is 2.30. The van der Waals surface area contributed by atoms with Gasteiger partial charge in [-0.15, -0.1) is 0 Å². The third-order valence-corrected chi connectivity index (χ3v) is 4.29. The second kappa shape index (κ2) is 9.62. The van der Waals surface area contributed by atoms with Gasteiger partial charge in [-0.3, -0.25) is 9.59 Å². The van der Waals surface area contributed by atoms with Crippen LogP contribution in [0.2, 0.25) is 5.02 Å². The average Bonchev–Trinajstić information content (AvgIpc) is 2.67. The fourth-order valence-electron chi connectivity index (χ4n) is 2.29. The Morgan fingerprint density at radius 2 is 1.60 bits per heavy atom. The van der Waals surface area contributed by atoms with Crippen molar-refractivity contribution in [2.75, 3.05) is 5.32 Å². The third-order valence-electron chi connectivity index (χ3n) is 3.96. The topological polar surface area (TPSA) is 84.5 Å². The van der Waals surface area contributed by atoms with Crippen molar-refractivity contribution in [3.63, 3.8) is 0 Å². The maximum absolute atomic E-state index is 12.6. The van der Waals surface area contributed by atoms with Crippen LogP contribution in [0.5, 0.6) is 0 Å².